The normalized spacial score (nSPS) is 11.4. The molecule has 0 saturated carbocycles. The summed E-state index contributed by atoms with van der Waals surface area (Å²) in [7, 11) is -2.24. The number of benzene rings is 1. The molecule has 0 unspecified atom stereocenters. The maximum Gasteiger partial charge on any atom is 0.241 e. The lowest BCUT2D eigenvalue weighted by Gasteiger charge is -2.16. The fourth-order valence-corrected chi connectivity index (χ4v) is 3.06. The molecule has 0 aromatic heterocycles. The minimum Gasteiger partial charge on any atom is -0.398 e. The highest BCUT2D eigenvalue weighted by molar-refractivity contribution is 7.89. The number of hydrogen-bond acceptors (Lipinski definition) is 4. The standard InChI is InChI=1S/C12H18ClN3O3S/c1-4-16(3)12(17)7-15-20(18,19)11-6-9(13)5-10(14)8(11)2/h5-6,15H,4,7,14H2,1-3H3. The van der Waals surface area contributed by atoms with Gasteiger partial charge in [0.1, 0.15) is 0 Å². The van der Waals surface area contributed by atoms with Gasteiger partial charge in [0.2, 0.25) is 15.9 Å². The number of rotatable bonds is 5. The highest BCUT2D eigenvalue weighted by atomic mass is 35.5. The van der Waals surface area contributed by atoms with Crippen molar-refractivity contribution in [1.29, 1.82) is 0 Å². The molecule has 0 aliphatic heterocycles. The molecule has 0 spiro atoms. The van der Waals surface area contributed by atoms with E-state index in [1.54, 1.807) is 20.9 Å². The Bertz CT molecular complexity index is 617. The summed E-state index contributed by atoms with van der Waals surface area (Å²) in [4.78, 5) is 13.0. The molecule has 6 nitrogen and oxygen atoms in total. The second-order valence-electron chi connectivity index (χ2n) is 4.35. The summed E-state index contributed by atoms with van der Waals surface area (Å²) in [5.41, 5.74) is 6.38. The molecule has 0 fully saturated rings. The van der Waals surface area contributed by atoms with Gasteiger partial charge >= 0.3 is 0 Å². The van der Waals surface area contributed by atoms with Gasteiger partial charge in [0, 0.05) is 24.3 Å². The summed E-state index contributed by atoms with van der Waals surface area (Å²) < 4.78 is 26.6. The average Bonchev–Trinajstić information content (AvgIpc) is 2.39. The van der Waals surface area contributed by atoms with Gasteiger partial charge in [-0.25, -0.2) is 13.1 Å². The van der Waals surface area contributed by atoms with E-state index in [0.717, 1.165) is 0 Å². The average molecular weight is 320 g/mol. The molecule has 8 heteroatoms. The molecule has 0 atom stereocenters. The van der Waals surface area contributed by atoms with Crippen molar-refractivity contribution in [2.45, 2.75) is 18.7 Å². The van der Waals surface area contributed by atoms with Crippen LogP contribution in [0.1, 0.15) is 12.5 Å². The molecule has 1 aromatic rings. The molecule has 0 aliphatic carbocycles. The molecule has 20 heavy (non-hydrogen) atoms. The maximum absolute atomic E-state index is 12.2. The largest absolute Gasteiger partial charge is 0.398 e. The Balaban J connectivity index is 2.98. The number of nitrogens with zero attached hydrogens (tertiary/aromatic N) is 1. The van der Waals surface area contributed by atoms with Crippen molar-refractivity contribution in [2.75, 3.05) is 25.9 Å². The quantitative estimate of drug-likeness (QED) is 0.791. The van der Waals surface area contributed by atoms with E-state index in [0.29, 0.717) is 12.1 Å². The smallest absolute Gasteiger partial charge is 0.241 e. The van der Waals surface area contributed by atoms with Crippen molar-refractivity contribution in [3.05, 3.63) is 22.7 Å². The van der Waals surface area contributed by atoms with Crippen molar-refractivity contribution in [2.24, 2.45) is 0 Å². The number of carbonyl (C=O) groups excluding carboxylic acids is 1. The van der Waals surface area contributed by atoms with Crippen molar-refractivity contribution >= 4 is 33.2 Å². The number of nitrogens with one attached hydrogen (secondary N) is 1. The van der Waals surface area contributed by atoms with Gasteiger partial charge in [-0.1, -0.05) is 11.6 Å². The SMILES string of the molecule is CCN(C)C(=O)CNS(=O)(=O)c1cc(Cl)cc(N)c1C. The number of halogens is 1. The number of likely N-dealkylation sites (N-methyl/N-ethyl adjacent to an activating group) is 1. The third kappa shape index (κ3) is 3.84. The summed E-state index contributed by atoms with van der Waals surface area (Å²) >= 11 is 5.82. The molecule has 1 rings (SSSR count). The lowest BCUT2D eigenvalue weighted by molar-refractivity contribution is -0.128. The zero-order chi connectivity index (χ0) is 15.5. The first-order chi connectivity index (χ1) is 9.19. The lowest BCUT2D eigenvalue weighted by Crippen LogP contribution is -2.38. The third-order valence-electron chi connectivity index (χ3n) is 2.97. The molecule has 0 aliphatic rings. The topological polar surface area (TPSA) is 92.5 Å². The number of sulfonamides is 1. The van der Waals surface area contributed by atoms with Crippen LogP contribution in [0.2, 0.25) is 5.02 Å². The van der Waals surface area contributed by atoms with E-state index in [1.807, 2.05) is 0 Å². The van der Waals surface area contributed by atoms with Crippen LogP contribution in [0, 0.1) is 6.92 Å². The van der Waals surface area contributed by atoms with Crippen LogP contribution in [0.4, 0.5) is 5.69 Å². The van der Waals surface area contributed by atoms with Crippen molar-refractivity contribution < 1.29 is 13.2 Å². The van der Waals surface area contributed by atoms with Crippen LogP contribution >= 0.6 is 11.6 Å². The Morgan fingerprint density at radius 2 is 2.05 bits per heavy atom. The summed E-state index contributed by atoms with van der Waals surface area (Å²) in [6.45, 7) is 3.58. The predicted molar refractivity (Wildman–Crippen MR) is 79.1 cm³/mol. The Morgan fingerprint density at radius 1 is 1.45 bits per heavy atom. The van der Waals surface area contributed by atoms with Gasteiger partial charge in [-0.2, -0.15) is 0 Å². The molecule has 3 N–H and O–H groups in total. The Morgan fingerprint density at radius 3 is 2.60 bits per heavy atom. The van der Waals surface area contributed by atoms with Crippen LogP contribution in [-0.4, -0.2) is 39.4 Å². The monoisotopic (exact) mass is 319 g/mol. The van der Waals surface area contributed by atoms with Gasteiger partial charge in [-0.05, 0) is 31.5 Å². The van der Waals surface area contributed by atoms with Crippen LogP contribution in [0.3, 0.4) is 0 Å². The van der Waals surface area contributed by atoms with E-state index in [9.17, 15) is 13.2 Å². The molecule has 112 valence electrons. The van der Waals surface area contributed by atoms with Crippen LogP contribution in [-0.2, 0) is 14.8 Å². The van der Waals surface area contributed by atoms with Crippen LogP contribution < -0.4 is 10.5 Å². The highest BCUT2D eigenvalue weighted by Gasteiger charge is 2.20. The zero-order valence-corrected chi connectivity index (χ0v) is 13.2. The Kier molecular flexibility index (Phi) is 5.38. The molecule has 0 saturated heterocycles. The number of amides is 1. The van der Waals surface area contributed by atoms with Crippen molar-refractivity contribution in [3.63, 3.8) is 0 Å². The Hall–Kier alpha value is -1.31. The van der Waals surface area contributed by atoms with Crippen LogP contribution in [0.25, 0.3) is 0 Å². The second-order valence-corrected chi connectivity index (χ2v) is 6.52. The van der Waals surface area contributed by atoms with Crippen molar-refractivity contribution in [1.82, 2.24) is 9.62 Å². The predicted octanol–water partition coefficient (Wildman–Crippen LogP) is 0.987. The van der Waals surface area contributed by atoms with E-state index in [-0.39, 0.29) is 28.1 Å². The number of carbonyl (C=O) groups is 1. The molecule has 0 heterocycles. The number of nitrogens with two attached hydrogens (primary N) is 1. The van der Waals surface area contributed by atoms with Gasteiger partial charge in [0.15, 0.2) is 0 Å². The minimum atomic E-state index is -3.83. The molecule has 0 bridgehead atoms. The van der Waals surface area contributed by atoms with E-state index >= 15 is 0 Å². The van der Waals surface area contributed by atoms with E-state index < -0.39 is 10.0 Å². The molecular weight excluding hydrogens is 302 g/mol. The van der Waals surface area contributed by atoms with E-state index in [4.69, 9.17) is 17.3 Å². The number of hydrogen-bond donors (Lipinski definition) is 2. The lowest BCUT2D eigenvalue weighted by atomic mass is 10.2. The van der Waals surface area contributed by atoms with Gasteiger partial charge in [0.25, 0.3) is 0 Å². The first-order valence-corrected chi connectivity index (χ1v) is 7.84. The first-order valence-electron chi connectivity index (χ1n) is 5.98. The molecule has 1 aromatic carbocycles. The molecular formula is C12H18ClN3O3S. The van der Waals surface area contributed by atoms with Crippen LogP contribution in [0.15, 0.2) is 17.0 Å². The van der Waals surface area contributed by atoms with Crippen molar-refractivity contribution in [3.8, 4) is 0 Å². The van der Waals surface area contributed by atoms with Gasteiger partial charge in [0.05, 0.1) is 11.4 Å². The summed E-state index contributed by atoms with van der Waals surface area (Å²) in [6.07, 6.45) is 0. The third-order valence-corrected chi connectivity index (χ3v) is 4.71. The summed E-state index contributed by atoms with van der Waals surface area (Å²) in [5.74, 6) is -0.316. The minimum absolute atomic E-state index is 0.0190. The Labute approximate surface area is 123 Å². The van der Waals surface area contributed by atoms with Gasteiger partial charge in [-0.3, -0.25) is 4.79 Å². The zero-order valence-electron chi connectivity index (χ0n) is 11.6. The highest BCUT2D eigenvalue weighted by Crippen LogP contribution is 2.25. The summed E-state index contributed by atoms with van der Waals surface area (Å²) in [6, 6.07) is 2.79. The van der Waals surface area contributed by atoms with Crippen LogP contribution in [0.5, 0.6) is 0 Å². The van der Waals surface area contributed by atoms with E-state index in [2.05, 4.69) is 4.72 Å². The fraction of sp³-hybridized carbons (Fsp3) is 0.417. The number of anilines is 1. The fourth-order valence-electron chi connectivity index (χ4n) is 1.50. The molecule has 1 amide bonds. The molecule has 0 radical (unpaired) electrons. The number of nitrogen functional groups attached to an aromatic ring is 1. The van der Waals surface area contributed by atoms with Gasteiger partial charge < -0.3 is 10.6 Å². The summed E-state index contributed by atoms with van der Waals surface area (Å²) in [5, 5.41) is 0.227. The van der Waals surface area contributed by atoms with Gasteiger partial charge in [-0.15, -0.1) is 0 Å². The maximum atomic E-state index is 12.2. The second kappa shape index (κ2) is 6.43. The van der Waals surface area contributed by atoms with E-state index in [1.165, 1.54) is 17.0 Å². The first kappa shape index (κ1) is 16.7.